The van der Waals surface area contributed by atoms with Gasteiger partial charge in [-0.3, -0.25) is 14.6 Å². The Morgan fingerprint density at radius 1 is 1.00 bits per heavy atom. The van der Waals surface area contributed by atoms with Crippen molar-refractivity contribution in [3.63, 3.8) is 0 Å². The van der Waals surface area contributed by atoms with E-state index in [0.29, 0.717) is 50.5 Å². The predicted molar refractivity (Wildman–Crippen MR) is 143 cm³/mol. The summed E-state index contributed by atoms with van der Waals surface area (Å²) in [5, 5.41) is 0. The van der Waals surface area contributed by atoms with Gasteiger partial charge in [0.15, 0.2) is 5.69 Å². The molecule has 218 valence electrons. The van der Waals surface area contributed by atoms with E-state index in [1.807, 2.05) is 11.8 Å². The van der Waals surface area contributed by atoms with Crippen molar-refractivity contribution in [2.75, 3.05) is 49.1 Å². The van der Waals surface area contributed by atoms with Crippen LogP contribution < -0.4 is 9.80 Å². The molecule has 0 spiro atoms. The lowest BCUT2D eigenvalue weighted by molar-refractivity contribution is -0.141. The van der Waals surface area contributed by atoms with E-state index in [4.69, 9.17) is 4.42 Å². The standard InChI is InChI=1S/C29H31F4N5O3/c1-19-5-4-10-38(18-19)28-35-27(29(31,32)33)26(41-28)24(39)16-21-8-9-22(17-34-21)36-11-13-37(14-12-36)25(40)15-20-6-2-3-7-23(20)30/h2-3,6-9,17,19H,4-5,10-16,18H2,1H3. The second kappa shape index (κ2) is 11.9. The van der Waals surface area contributed by atoms with Crippen molar-refractivity contribution in [1.82, 2.24) is 14.9 Å². The number of piperidine rings is 1. The van der Waals surface area contributed by atoms with Gasteiger partial charge >= 0.3 is 6.18 Å². The minimum Gasteiger partial charge on any atom is -0.420 e. The summed E-state index contributed by atoms with van der Waals surface area (Å²) in [6, 6.07) is 9.38. The number of piperazine rings is 1. The Hall–Kier alpha value is -3.96. The summed E-state index contributed by atoms with van der Waals surface area (Å²) in [5.41, 5.74) is 0.115. The van der Waals surface area contributed by atoms with Gasteiger partial charge in [0.2, 0.25) is 17.5 Å². The Kier molecular flexibility index (Phi) is 8.27. The molecule has 8 nitrogen and oxygen atoms in total. The maximum atomic E-state index is 13.9. The first-order valence-electron chi connectivity index (χ1n) is 13.7. The Labute approximate surface area is 235 Å². The molecule has 0 radical (unpaired) electrons. The topological polar surface area (TPSA) is 82.8 Å². The summed E-state index contributed by atoms with van der Waals surface area (Å²) in [4.78, 5) is 38.9. The number of benzene rings is 1. The van der Waals surface area contributed by atoms with E-state index in [9.17, 15) is 27.2 Å². The van der Waals surface area contributed by atoms with E-state index >= 15 is 0 Å². The number of hydrogen-bond acceptors (Lipinski definition) is 7. The number of amides is 1. The summed E-state index contributed by atoms with van der Waals surface area (Å²) in [5.74, 6) is -1.91. The van der Waals surface area contributed by atoms with E-state index in [-0.39, 0.29) is 30.7 Å². The highest BCUT2D eigenvalue weighted by Gasteiger charge is 2.42. The van der Waals surface area contributed by atoms with Crippen LogP contribution in [-0.2, 0) is 23.8 Å². The van der Waals surface area contributed by atoms with Crippen LogP contribution in [0, 0.1) is 11.7 Å². The second-order valence-corrected chi connectivity index (χ2v) is 10.6. The van der Waals surface area contributed by atoms with Crippen LogP contribution in [0.5, 0.6) is 0 Å². The molecule has 4 heterocycles. The van der Waals surface area contributed by atoms with Crippen LogP contribution >= 0.6 is 0 Å². The lowest BCUT2D eigenvalue weighted by Crippen LogP contribution is -2.49. The molecule has 0 aliphatic carbocycles. The number of alkyl halides is 3. The molecule has 0 N–H and O–H groups in total. The molecule has 1 aromatic carbocycles. The van der Waals surface area contributed by atoms with E-state index in [2.05, 4.69) is 9.97 Å². The molecule has 0 bridgehead atoms. The maximum absolute atomic E-state index is 13.9. The number of Topliss-reactive ketones (excluding diaryl/α,β-unsaturated/α-hetero) is 1. The average molecular weight is 574 g/mol. The Balaban J connectivity index is 1.20. The molecule has 1 atom stereocenters. The second-order valence-electron chi connectivity index (χ2n) is 10.6. The number of hydrogen-bond donors (Lipinski definition) is 0. The number of ketones is 1. The fraction of sp³-hybridized carbons (Fsp3) is 0.448. The van der Waals surface area contributed by atoms with Gasteiger partial charge in [-0.1, -0.05) is 25.1 Å². The maximum Gasteiger partial charge on any atom is 0.437 e. The van der Waals surface area contributed by atoms with Crippen molar-refractivity contribution in [1.29, 1.82) is 0 Å². The van der Waals surface area contributed by atoms with E-state index < -0.39 is 29.2 Å². The minimum atomic E-state index is -4.83. The SMILES string of the molecule is CC1CCCN(c2nc(C(F)(F)F)c(C(=O)Cc3ccc(N4CCN(C(=O)Cc5ccccc5F)CC4)cn3)o2)C1. The minimum absolute atomic E-state index is 0.00313. The van der Waals surface area contributed by atoms with Gasteiger partial charge in [0.05, 0.1) is 24.7 Å². The number of anilines is 2. The third kappa shape index (κ3) is 6.68. The van der Waals surface area contributed by atoms with E-state index in [1.165, 1.54) is 6.07 Å². The first-order chi connectivity index (χ1) is 19.6. The highest BCUT2D eigenvalue weighted by atomic mass is 19.4. The number of carbonyl (C=O) groups excluding carboxylic acids is 2. The Morgan fingerprint density at radius 2 is 1.76 bits per heavy atom. The zero-order valence-corrected chi connectivity index (χ0v) is 22.7. The zero-order chi connectivity index (χ0) is 29.1. The molecule has 41 heavy (non-hydrogen) atoms. The first-order valence-corrected chi connectivity index (χ1v) is 13.7. The van der Waals surface area contributed by atoms with Crippen molar-refractivity contribution in [3.05, 3.63) is 71.1 Å². The van der Waals surface area contributed by atoms with Crippen LogP contribution in [0.15, 0.2) is 47.0 Å². The fourth-order valence-corrected chi connectivity index (χ4v) is 5.27. The molecule has 2 fully saturated rings. The quantitative estimate of drug-likeness (QED) is 0.297. The molecule has 12 heteroatoms. The number of rotatable bonds is 7. The molecule has 1 unspecified atom stereocenters. The van der Waals surface area contributed by atoms with Crippen molar-refractivity contribution in [2.45, 2.75) is 38.8 Å². The van der Waals surface area contributed by atoms with Gasteiger partial charge in [-0.15, -0.1) is 0 Å². The number of pyridine rings is 1. The largest absolute Gasteiger partial charge is 0.437 e. The first kappa shape index (κ1) is 28.6. The zero-order valence-electron chi connectivity index (χ0n) is 22.7. The fourth-order valence-electron chi connectivity index (χ4n) is 5.27. The molecular weight excluding hydrogens is 542 g/mol. The van der Waals surface area contributed by atoms with Gasteiger partial charge in [0.25, 0.3) is 6.01 Å². The monoisotopic (exact) mass is 573 g/mol. The summed E-state index contributed by atoms with van der Waals surface area (Å²) < 4.78 is 60.5. The van der Waals surface area contributed by atoms with Gasteiger partial charge in [0.1, 0.15) is 5.82 Å². The third-order valence-corrected chi connectivity index (χ3v) is 7.51. The number of nitrogens with zero attached hydrogens (tertiary/aromatic N) is 5. The lowest BCUT2D eigenvalue weighted by atomic mass is 10.0. The van der Waals surface area contributed by atoms with Gasteiger partial charge in [-0.2, -0.15) is 18.2 Å². The normalized spacial score (nSPS) is 18.1. The summed E-state index contributed by atoms with van der Waals surface area (Å²) in [7, 11) is 0. The van der Waals surface area contributed by atoms with Gasteiger partial charge in [-0.25, -0.2) is 4.39 Å². The van der Waals surface area contributed by atoms with Gasteiger partial charge in [0, 0.05) is 45.0 Å². The Morgan fingerprint density at radius 3 is 2.41 bits per heavy atom. The molecular formula is C29H31F4N5O3. The molecule has 5 rings (SSSR count). The number of aromatic nitrogens is 2. The molecule has 2 saturated heterocycles. The number of halogens is 4. The molecule has 1 amide bonds. The van der Waals surface area contributed by atoms with Crippen LogP contribution in [0.4, 0.5) is 29.3 Å². The lowest BCUT2D eigenvalue weighted by Gasteiger charge is -2.36. The highest BCUT2D eigenvalue weighted by Crippen LogP contribution is 2.35. The predicted octanol–water partition coefficient (Wildman–Crippen LogP) is 4.78. The van der Waals surface area contributed by atoms with Crippen molar-refractivity contribution in [2.24, 2.45) is 5.92 Å². The van der Waals surface area contributed by atoms with Crippen LogP contribution in [0.1, 0.15) is 47.3 Å². The summed E-state index contributed by atoms with van der Waals surface area (Å²) in [6.45, 7) is 5.03. The molecule has 2 aliphatic rings. The van der Waals surface area contributed by atoms with Crippen LogP contribution in [0.3, 0.4) is 0 Å². The van der Waals surface area contributed by atoms with Crippen LogP contribution in [-0.4, -0.2) is 65.8 Å². The summed E-state index contributed by atoms with van der Waals surface area (Å²) >= 11 is 0. The molecule has 3 aromatic rings. The molecule has 0 saturated carbocycles. The van der Waals surface area contributed by atoms with Crippen molar-refractivity contribution < 1.29 is 31.6 Å². The van der Waals surface area contributed by atoms with Gasteiger partial charge in [-0.05, 0) is 42.5 Å². The average Bonchev–Trinajstić information content (AvgIpc) is 3.42. The van der Waals surface area contributed by atoms with Crippen LogP contribution in [0.25, 0.3) is 0 Å². The molecule has 2 aliphatic heterocycles. The number of carbonyl (C=O) groups is 2. The van der Waals surface area contributed by atoms with Gasteiger partial charge < -0.3 is 19.1 Å². The van der Waals surface area contributed by atoms with E-state index in [0.717, 1.165) is 18.5 Å². The smallest absolute Gasteiger partial charge is 0.420 e. The van der Waals surface area contributed by atoms with Crippen LogP contribution in [0.2, 0.25) is 0 Å². The number of oxazole rings is 1. The van der Waals surface area contributed by atoms with Crippen molar-refractivity contribution in [3.8, 4) is 0 Å². The van der Waals surface area contributed by atoms with Crippen molar-refractivity contribution >= 4 is 23.4 Å². The highest BCUT2D eigenvalue weighted by molar-refractivity contribution is 5.96. The summed E-state index contributed by atoms with van der Waals surface area (Å²) in [6.07, 6.45) is -1.86. The van der Waals surface area contributed by atoms with E-state index in [1.54, 1.807) is 46.3 Å². The Bertz CT molecular complexity index is 1380. The third-order valence-electron chi connectivity index (χ3n) is 7.51. The molecule has 2 aromatic heterocycles.